The topological polar surface area (TPSA) is 68.5 Å². The molecule has 6 heteroatoms. The van der Waals surface area contributed by atoms with Gasteiger partial charge in [-0.15, -0.1) is 0 Å². The summed E-state index contributed by atoms with van der Waals surface area (Å²) >= 11 is 0. The van der Waals surface area contributed by atoms with Gasteiger partial charge in [-0.3, -0.25) is 9.59 Å². The van der Waals surface area contributed by atoms with E-state index in [0.717, 1.165) is 36.1 Å². The Labute approximate surface area is 275 Å². The molecule has 3 aliphatic carbocycles. The van der Waals surface area contributed by atoms with Crippen molar-refractivity contribution in [3.05, 3.63) is 57.4 Å². The summed E-state index contributed by atoms with van der Waals surface area (Å²) in [6, 6.07) is 2.31. The molecule has 0 radical (unpaired) electrons. The monoisotopic (exact) mass is 771 g/mol. The first-order valence-corrected chi connectivity index (χ1v) is 15.8. The Bertz CT molecular complexity index is 1140. The third kappa shape index (κ3) is 6.01. The zero-order chi connectivity index (χ0) is 30.4. The number of methoxy groups -OCH3 is 1. The number of Topliss-reactive ketones (excluding diaryl/α,β-unsaturated/α-hetero) is 1. The smallest absolute Gasteiger partial charge is 0.472 e. The summed E-state index contributed by atoms with van der Waals surface area (Å²) in [5.41, 5.74) is 3.26. The summed E-state index contributed by atoms with van der Waals surface area (Å²) in [7, 11) is 1.50. The van der Waals surface area contributed by atoms with Gasteiger partial charge in [-0.05, 0) is 89.1 Å². The van der Waals surface area contributed by atoms with Gasteiger partial charge in [0.1, 0.15) is 5.78 Å². The average molecular weight is 770 g/mol. The number of carbonyl (C=O) groups is 2. The predicted octanol–water partition coefficient (Wildman–Crippen LogP) is 8.44. The first kappa shape index (κ1) is 37.5. The Morgan fingerprint density at radius 3 is 2.37 bits per heavy atom. The van der Waals surface area contributed by atoms with Crippen LogP contribution in [-0.4, -0.2) is 24.9 Å². The van der Waals surface area contributed by atoms with Crippen molar-refractivity contribution in [2.75, 3.05) is 7.11 Å². The van der Waals surface area contributed by atoms with Crippen LogP contribution in [0.4, 0.5) is 0 Å². The Balaban J connectivity index is 0.00000158. The molecule has 0 amide bonds. The van der Waals surface area contributed by atoms with Crippen molar-refractivity contribution in [1.29, 1.82) is 0 Å². The number of hydrogen-bond acceptors (Lipinski definition) is 5. The van der Waals surface area contributed by atoms with Crippen LogP contribution in [0.3, 0.4) is 0 Å². The molecule has 5 rings (SSSR count). The zero-order valence-corrected chi connectivity index (χ0v) is 30.7. The van der Waals surface area contributed by atoms with Crippen LogP contribution in [0.1, 0.15) is 86.1 Å². The maximum atomic E-state index is 13.3. The van der Waals surface area contributed by atoms with Gasteiger partial charge in [0.15, 0.2) is 0 Å². The number of rotatable bonds is 7. The molecule has 0 aromatic carbocycles. The number of carbonyl (C=O) groups excluding carboxylic acids is 2. The molecule has 4 fully saturated rings. The van der Waals surface area contributed by atoms with E-state index in [1.165, 1.54) is 7.11 Å². The number of fused-ring (bicyclic) bond motifs is 4. The van der Waals surface area contributed by atoms with E-state index in [4.69, 9.17) is 9.15 Å². The molecule has 2 heterocycles. The van der Waals surface area contributed by atoms with Crippen molar-refractivity contribution < 1.29 is 38.5 Å². The summed E-state index contributed by atoms with van der Waals surface area (Å²) in [5.74, 6) is 2.86. The SMILES string of the molecule is C=C1CC2C3C(N1)C1C(CC(=O)C(C)C)C(C)[C@H](CC(=O)OC)[C@](C)(C1C)C3CC[C@@]2(C)C(=C)c1ccoc1.[CH2-]C.[CH3-].[Os+2]. The normalized spacial score (nSPS) is 39.0. The number of esters is 1. The molecule has 242 valence electrons. The van der Waals surface area contributed by atoms with Crippen LogP contribution in [0.2, 0.25) is 0 Å². The third-order valence-corrected chi connectivity index (χ3v) is 12.6. The molecule has 1 N–H and O–H groups in total. The number of ether oxygens (including phenoxy) is 1. The number of ketones is 1. The maximum absolute atomic E-state index is 13.3. The first-order chi connectivity index (χ1) is 19.4. The summed E-state index contributed by atoms with van der Waals surface area (Å²) in [4.78, 5) is 26.1. The Morgan fingerprint density at radius 2 is 1.81 bits per heavy atom. The van der Waals surface area contributed by atoms with E-state index >= 15 is 0 Å². The van der Waals surface area contributed by atoms with Crippen LogP contribution in [0.5, 0.6) is 0 Å². The maximum Gasteiger partial charge on any atom is 2.00 e. The van der Waals surface area contributed by atoms with Gasteiger partial charge in [-0.2, -0.15) is 6.92 Å². The third-order valence-electron chi connectivity index (χ3n) is 12.6. The second-order valence-electron chi connectivity index (χ2n) is 14.2. The van der Waals surface area contributed by atoms with E-state index < -0.39 is 0 Å². The van der Waals surface area contributed by atoms with Crippen LogP contribution in [0, 0.1) is 78.4 Å². The van der Waals surface area contributed by atoms with E-state index in [-0.39, 0.29) is 73.7 Å². The summed E-state index contributed by atoms with van der Waals surface area (Å²) < 4.78 is 10.7. The number of piperidine rings is 1. The number of furan rings is 1. The minimum absolute atomic E-state index is 0. The molecule has 3 saturated carbocycles. The van der Waals surface area contributed by atoms with Crippen LogP contribution in [0.15, 0.2) is 41.9 Å². The minimum Gasteiger partial charge on any atom is -0.472 e. The van der Waals surface area contributed by atoms with Crippen molar-refractivity contribution in [2.45, 2.75) is 86.6 Å². The van der Waals surface area contributed by atoms with Crippen LogP contribution >= 0.6 is 0 Å². The van der Waals surface area contributed by atoms with Crippen molar-refractivity contribution in [3.8, 4) is 0 Å². The molecule has 1 aromatic heterocycles. The second kappa shape index (κ2) is 14.2. The first-order valence-electron chi connectivity index (χ1n) is 15.8. The molecular weight excluding hydrogens is 713 g/mol. The quantitative estimate of drug-likeness (QED) is 0.223. The molecule has 2 bridgehead atoms. The molecule has 4 aliphatic rings. The predicted molar refractivity (Wildman–Crippen MR) is 172 cm³/mol. The van der Waals surface area contributed by atoms with E-state index in [1.807, 2.05) is 26.2 Å². The van der Waals surface area contributed by atoms with Crippen molar-refractivity contribution >= 4 is 17.3 Å². The molecule has 8 unspecified atom stereocenters. The van der Waals surface area contributed by atoms with Gasteiger partial charge < -0.3 is 28.8 Å². The van der Waals surface area contributed by atoms with Crippen LogP contribution in [-0.2, 0) is 34.1 Å². The van der Waals surface area contributed by atoms with E-state index in [9.17, 15) is 9.59 Å². The Hall–Kier alpha value is -1.66. The van der Waals surface area contributed by atoms with Gasteiger partial charge in [0.2, 0.25) is 0 Å². The number of hydrogen-bond donors (Lipinski definition) is 1. The van der Waals surface area contributed by atoms with E-state index in [2.05, 4.69) is 53.1 Å². The molecule has 1 aliphatic heterocycles. The molecule has 43 heavy (non-hydrogen) atoms. The molecular formula is C37H57NO4Os. The second-order valence-corrected chi connectivity index (χ2v) is 14.2. The average Bonchev–Trinajstić information content (AvgIpc) is 3.49. The van der Waals surface area contributed by atoms with Crippen molar-refractivity contribution in [2.24, 2.45) is 64.1 Å². The van der Waals surface area contributed by atoms with Crippen molar-refractivity contribution in [3.63, 3.8) is 0 Å². The fourth-order valence-electron chi connectivity index (χ4n) is 10.3. The number of nitrogens with one attached hydrogen (secondary N) is 1. The van der Waals surface area contributed by atoms with Crippen LogP contribution in [0.25, 0.3) is 5.57 Å². The molecule has 11 atom stereocenters. The number of allylic oxidation sites excluding steroid dienone is 2. The van der Waals surface area contributed by atoms with Gasteiger partial charge in [0.05, 0.1) is 19.6 Å². The Morgan fingerprint density at radius 1 is 1.16 bits per heavy atom. The van der Waals surface area contributed by atoms with Gasteiger partial charge >= 0.3 is 25.8 Å². The van der Waals surface area contributed by atoms with Gasteiger partial charge in [-0.1, -0.05) is 54.7 Å². The van der Waals surface area contributed by atoms with Crippen LogP contribution < -0.4 is 5.32 Å². The van der Waals surface area contributed by atoms with E-state index in [0.29, 0.717) is 48.2 Å². The van der Waals surface area contributed by atoms with E-state index in [1.54, 1.807) is 13.2 Å². The standard InChI is InChI=1S/C34H49NO4.C2H5.CH3.Os/c1-18(2)28(36)15-24-20(4)26(16-29(37)38-9)34(8)22(6)30(24)32-31-25(34)10-12-33(7,27(31)14-19(3)35-32)21(5)23-11-13-39-17-23;1-2;;/h11,13,17-18,20,22,24-27,30-32,35H,3,5,10,12,14-16H2,1-2,4,6-9H3;1H2,2H3;1H3;/q;2*-1;+2/t20?,22?,24?,25?,26-,27?,30?,31?,32?,33-,34+;;;/m0.../s1. The fourth-order valence-corrected chi connectivity index (χ4v) is 10.3. The Kier molecular flexibility index (Phi) is 12.4. The minimum atomic E-state index is -0.129. The summed E-state index contributed by atoms with van der Waals surface area (Å²) in [5, 5.41) is 3.94. The molecule has 5 nitrogen and oxygen atoms in total. The van der Waals surface area contributed by atoms with Gasteiger partial charge in [0.25, 0.3) is 0 Å². The zero-order valence-electron chi connectivity index (χ0n) is 28.1. The van der Waals surface area contributed by atoms with Gasteiger partial charge in [0, 0.05) is 36.1 Å². The largest absolute Gasteiger partial charge is 2.00 e. The molecule has 0 spiro atoms. The molecule has 1 saturated heterocycles. The summed E-state index contributed by atoms with van der Waals surface area (Å²) in [6.45, 7) is 27.8. The fraction of sp³-hybridized carbons (Fsp3) is 0.676. The van der Waals surface area contributed by atoms with Crippen molar-refractivity contribution in [1.82, 2.24) is 5.32 Å². The van der Waals surface area contributed by atoms with Gasteiger partial charge in [-0.25, -0.2) is 0 Å². The summed E-state index contributed by atoms with van der Waals surface area (Å²) in [6.07, 6.45) is 7.66. The molecule has 1 aromatic rings.